The summed E-state index contributed by atoms with van der Waals surface area (Å²) in [5, 5.41) is 9.33. The highest BCUT2D eigenvalue weighted by Crippen LogP contribution is 2.31. The largest absolute Gasteiger partial charge is 0.480 e. The number of fused-ring (bicyclic) bond motifs is 1. The van der Waals surface area contributed by atoms with E-state index in [4.69, 9.17) is 0 Å². The second-order valence-corrected chi connectivity index (χ2v) is 4.54. The standard InChI is InChI=1S/C11H13N5O2/c1-6-2-3-16(8(6)11(17)18)10-7-9(13-4-12-7)14-5-15-10/h4-6,8H,2-3H2,1H3,(H,17,18)(H,12,13,14,15). The van der Waals surface area contributed by atoms with E-state index in [0.29, 0.717) is 23.5 Å². The van der Waals surface area contributed by atoms with Crippen molar-refractivity contribution in [1.82, 2.24) is 19.9 Å². The molecule has 1 aliphatic heterocycles. The van der Waals surface area contributed by atoms with Gasteiger partial charge in [0.1, 0.15) is 17.9 Å². The van der Waals surface area contributed by atoms with Gasteiger partial charge >= 0.3 is 5.97 Å². The minimum absolute atomic E-state index is 0.107. The summed E-state index contributed by atoms with van der Waals surface area (Å²) in [5.74, 6) is -0.0871. The zero-order chi connectivity index (χ0) is 12.7. The zero-order valence-corrected chi connectivity index (χ0v) is 9.87. The van der Waals surface area contributed by atoms with Gasteiger partial charge in [-0.25, -0.2) is 19.7 Å². The number of carboxylic acids is 1. The fourth-order valence-corrected chi connectivity index (χ4v) is 2.53. The average molecular weight is 247 g/mol. The first-order chi connectivity index (χ1) is 8.68. The molecule has 0 aliphatic carbocycles. The van der Waals surface area contributed by atoms with Crippen LogP contribution in [0, 0.1) is 5.92 Å². The van der Waals surface area contributed by atoms with Crippen molar-refractivity contribution in [3.8, 4) is 0 Å². The first kappa shape index (κ1) is 10.9. The van der Waals surface area contributed by atoms with E-state index < -0.39 is 12.0 Å². The van der Waals surface area contributed by atoms with E-state index in [9.17, 15) is 9.90 Å². The van der Waals surface area contributed by atoms with Gasteiger partial charge in [-0.15, -0.1) is 0 Å². The van der Waals surface area contributed by atoms with Gasteiger partial charge in [-0.3, -0.25) is 0 Å². The van der Waals surface area contributed by atoms with Crippen LogP contribution in [-0.2, 0) is 4.79 Å². The van der Waals surface area contributed by atoms with Gasteiger partial charge in [0.05, 0.1) is 6.33 Å². The third-order valence-corrected chi connectivity index (χ3v) is 3.43. The van der Waals surface area contributed by atoms with Gasteiger partial charge in [-0.05, 0) is 12.3 Å². The lowest BCUT2D eigenvalue weighted by molar-refractivity contribution is -0.139. The Hall–Kier alpha value is -2.18. The third-order valence-electron chi connectivity index (χ3n) is 3.43. The van der Waals surface area contributed by atoms with Crippen LogP contribution >= 0.6 is 0 Å². The van der Waals surface area contributed by atoms with Crippen molar-refractivity contribution in [2.24, 2.45) is 5.92 Å². The quantitative estimate of drug-likeness (QED) is 0.809. The van der Waals surface area contributed by atoms with Crippen LogP contribution in [0.3, 0.4) is 0 Å². The molecule has 3 heterocycles. The van der Waals surface area contributed by atoms with Crippen LogP contribution in [0.1, 0.15) is 13.3 Å². The molecule has 1 aliphatic rings. The zero-order valence-electron chi connectivity index (χ0n) is 9.87. The lowest BCUT2D eigenvalue weighted by Gasteiger charge is -2.24. The second kappa shape index (κ2) is 3.94. The molecule has 0 amide bonds. The summed E-state index contributed by atoms with van der Waals surface area (Å²) in [6.07, 6.45) is 3.80. The minimum Gasteiger partial charge on any atom is -0.480 e. The molecule has 7 heteroatoms. The minimum atomic E-state index is -0.814. The Kier molecular flexibility index (Phi) is 2.39. The molecular weight excluding hydrogens is 234 g/mol. The number of carbonyl (C=O) groups is 1. The number of hydrogen-bond acceptors (Lipinski definition) is 5. The fourth-order valence-electron chi connectivity index (χ4n) is 2.53. The van der Waals surface area contributed by atoms with Crippen LogP contribution in [-0.4, -0.2) is 43.6 Å². The Morgan fingerprint density at radius 3 is 3.11 bits per heavy atom. The summed E-state index contributed by atoms with van der Waals surface area (Å²) in [6, 6.07) is -0.536. The Bertz CT molecular complexity index is 596. The molecule has 2 aromatic rings. The SMILES string of the molecule is CC1CCN(c2ncnc3nc[nH]c23)C1C(=O)O. The first-order valence-corrected chi connectivity index (χ1v) is 5.82. The molecule has 2 N–H and O–H groups in total. The van der Waals surface area contributed by atoms with Crippen molar-refractivity contribution < 1.29 is 9.90 Å². The van der Waals surface area contributed by atoms with Crippen LogP contribution in [0.5, 0.6) is 0 Å². The Morgan fingerprint density at radius 1 is 1.50 bits per heavy atom. The maximum absolute atomic E-state index is 11.4. The molecule has 2 atom stereocenters. The van der Waals surface area contributed by atoms with Crippen LogP contribution in [0.25, 0.3) is 11.2 Å². The van der Waals surface area contributed by atoms with Crippen LogP contribution in [0.4, 0.5) is 5.82 Å². The fraction of sp³-hybridized carbons (Fsp3) is 0.455. The van der Waals surface area contributed by atoms with Crippen molar-refractivity contribution in [3.63, 3.8) is 0 Å². The van der Waals surface area contributed by atoms with Crippen molar-refractivity contribution in [1.29, 1.82) is 0 Å². The monoisotopic (exact) mass is 247 g/mol. The highest BCUT2D eigenvalue weighted by molar-refractivity contribution is 5.87. The molecule has 0 radical (unpaired) electrons. The van der Waals surface area contributed by atoms with E-state index in [2.05, 4.69) is 19.9 Å². The predicted molar refractivity (Wildman–Crippen MR) is 64.2 cm³/mol. The molecule has 3 rings (SSSR count). The molecule has 0 spiro atoms. The number of anilines is 1. The lowest BCUT2D eigenvalue weighted by Crippen LogP contribution is -2.39. The average Bonchev–Trinajstić information content (AvgIpc) is 2.94. The van der Waals surface area contributed by atoms with E-state index >= 15 is 0 Å². The lowest BCUT2D eigenvalue weighted by atomic mass is 10.0. The van der Waals surface area contributed by atoms with Crippen molar-refractivity contribution in [2.45, 2.75) is 19.4 Å². The third kappa shape index (κ3) is 1.51. The van der Waals surface area contributed by atoms with Crippen molar-refractivity contribution in [2.75, 3.05) is 11.4 Å². The Balaban J connectivity index is 2.09. The predicted octanol–water partition coefficient (Wildman–Crippen LogP) is 0.652. The summed E-state index contributed by atoms with van der Waals surface area (Å²) >= 11 is 0. The molecule has 94 valence electrons. The number of nitrogens with one attached hydrogen (secondary N) is 1. The number of hydrogen-bond donors (Lipinski definition) is 2. The second-order valence-electron chi connectivity index (χ2n) is 4.54. The molecule has 0 bridgehead atoms. The van der Waals surface area contributed by atoms with Gasteiger partial charge < -0.3 is 15.0 Å². The number of rotatable bonds is 2. The van der Waals surface area contributed by atoms with E-state index in [1.54, 1.807) is 0 Å². The molecule has 18 heavy (non-hydrogen) atoms. The molecule has 2 aromatic heterocycles. The summed E-state index contributed by atoms with van der Waals surface area (Å²) in [4.78, 5) is 28.4. The van der Waals surface area contributed by atoms with E-state index in [0.717, 1.165) is 6.42 Å². The summed E-state index contributed by atoms with van der Waals surface area (Å²) in [5.41, 5.74) is 1.25. The Labute approximate surface area is 103 Å². The molecule has 7 nitrogen and oxygen atoms in total. The van der Waals surface area contributed by atoms with Crippen molar-refractivity contribution >= 4 is 23.0 Å². The summed E-state index contributed by atoms with van der Waals surface area (Å²) < 4.78 is 0. The summed E-state index contributed by atoms with van der Waals surface area (Å²) in [6.45, 7) is 2.63. The molecule has 2 unspecified atom stereocenters. The number of carboxylic acid groups (broad SMARTS) is 1. The molecule has 0 saturated carbocycles. The highest BCUT2D eigenvalue weighted by atomic mass is 16.4. The van der Waals surface area contributed by atoms with Gasteiger partial charge in [-0.1, -0.05) is 6.92 Å². The maximum atomic E-state index is 11.4. The van der Waals surface area contributed by atoms with Crippen LogP contribution < -0.4 is 4.90 Å². The van der Waals surface area contributed by atoms with Gasteiger partial charge in [0.25, 0.3) is 0 Å². The highest BCUT2D eigenvalue weighted by Gasteiger charge is 2.38. The number of aromatic amines is 1. The number of aliphatic carboxylic acids is 1. The topological polar surface area (TPSA) is 95.0 Å². The number of imidazole rings is 1. The molecule has 0 aromatic carbocycles. The van der Waals surface area contributed by atoms with E-state index in [1.165, 1.54) is 12.7 Å². The van der Waals surface area contributed by atoms with Crippen LogP contribution in [0.15, 0.2) is 12.7 Å². The maximum Gasteiger partial charge on any atom is 0.326 e. The molecular formula is C11H13N5O2. The number of nitrogens with zero attached hydrogens (tertiary/aromatic N) is 4. The number of H-pyrrole nitrogens is 1. The van der Waals surface area contributed by atoms with E-state index in [1.807, 2.05) is 11.8 Å². The van der Waals surface area contributed by atoms with Crippen LogP contribution in [0.2, 0.25) is 0 Å². The number of aromatic nitrogens is 4. The normalized spacial score (nSPS) is 23.7. The van der Waals surface area contributed by atoms with Crippen molar-refractivity contribution in [3.05, 3.63) is 12.7 Å². The smallest absolute Gasteiger partial charge is 0.326 e. The van der Waals surface area contributed by atoms with E-state index in [-0.39, 0.29) is 5.92 Å². The van der Waals surface area contributed by atoms with Gasteiger partial charge in [-0.2, -0.15) is 0 Å². The summed E-state index contributed by atoms with van der Waals surface area (Å²) in [7, 11) is 0. The van der Waals surface area contributed by atoms with Gasteiger partial charge in [0, 0.05) is 6.54 Å². The Morgan fingerprint density at radius 2 is 2.33 bits per heavy atom. The van der Waals surface area contributed by atoms with Gasteiger partial charge in [0.15, 0.2) is 11.5 Å². The molecule has 1 fully saturated rings. The molecule has 1 saturated heterocycles. The first-order valence-electron chi connectivity index (χ1n) is 5.82. The van der Waals surface area contributed by atoms with Gasteiger partial charge in [0.2, 0.25) is 0 Å².